The van der Waals surface area contributed by atoms with Crippen molar-refractivity contribution >= 4 is 17.6 Å². The highest BCUT2D eigenvalue weighted by molar-refractivity contribution is 5.99. The molecule has 0 spiro atoms. The van der Waals surface area contributed by atoms with Crippen molar-refractivity contribution in [2.75, 3.05) is 5.32 Å². The fraction of sp³-hybridized carbons (Fsp3) is 0.476. The van der Waals surface area contributed by atoms with Crippen LogP contribution < -0.4 is 5.32 Å². The van der Waals surface area contributed by atoms with Crippen LogP contribution in [0, 0.1) is 6.92 Å². The van der Waals surface area contributed by atoms with Crippen LogP contribution >= 0.6 is 0 Å². The molecule has 27 heavy (non-hydrogen) atoms. The highest BCUT2D eigenvalue weighted by atomic mass is 16.2. The Morgan fingerprint density at radius 3 is 2.63 bits per heavy atom. The molecule has 142 valence electrons. The fourth-order valence-electron chi connectivity index (χ4n) is 4.50. The molecule has 1 N–H and O–H groups in total. The highest BCUT2D eigenvalue weighted by Crippen LogP contribution is 2.41. The van der Waals surface area contributed by atoms with Crippen LogP contribution in [-0.4, -0.2) is 32.0 Å². The number of fused-ring (bicyclic) bond motifs is 1. The molecule has 1 aliphatic carbocycles. The first kappa shape index (κ1) is 17.8. The molecule has 1 saturated carbocycles. The van der Waals surface area contributed by atoms with Gasteiger partial charge in [-0.15, -0.1) is 0 Å². The van der Waals surface area contributed by atoms with E-state index in [2.05, 4.69) is 10.4 Å². The Kier molecular flexibility index (Phi) is 4.50. The van der Waals surface area contributed by atoms with E-state index in [-0.39, 0.29) is 11.8 Å². The maximum Gasteiger partial charge on any atom is 0.254 e. The van der Waals surface area contributed by atoms with Crippen LogP contribution in [0.25, 0.3) is 0 Å². The molecule has 4 rings (SSSR count). The van der Waals surface area contributed by atoms with Gasteiger partial charge in [-0.05, 0) is 31.4 Å². The molecule has 1 aromatic heterocycles. The molecule has 1 fully saturated rings. The van der Waals surface area contributed by atoms with E-state index in [1.807, 2.05) is 49.2 Å². The molecule has 0 bridgehead atoms. The summed E-state index contributed by atoms with van der Waals surface area (Å²) in [7, 11) is 1.85. The molecular weight excluding hydrogens is 340 g/mol. The van der Waals surface area contributed by atoms with Crippen molar-refractivity contribution < 1.29 is 9.59 Å². The lowest BCUT2D eigenvalue weighted by Crippen LogP contribution is -2.52. The van der Waals surface area contributed by atoms with Crippen LogP contribution in [0.15, 0.2) is 30.3 Å². The fourth-order valence-corrected chi connectivity index (χ4v) is 4.50. The molecule has 0 atom stereocenters. The van der Waals surface area contributed by atoms with Gasteiger partial charge in [0.05, 0.1) is 12.0 Å². The number of nitrogens with one attached hydrogen (secondary N) is 1. The number of rotatable bonds is 4. The number of anilines is 1. The third kappa shape index (κ3) is 3.24. The minimum atomic E-state index is -0.401. The standard InChI is InChI=1S/C21H26N4O2/c1-15-12-18(23-24(15)2)22-19(26)13-21(10-6-3-7-11-21)25-14-16-8-4-5-9-17(16)20(25)27/h4-5,8-9,12H,3,6-7,10-11,13-14H2,1-2H3,(H,22,23,26). The SMILES string of the molecule is Cc1cc(NC(=O)CC2(N3Cc4ccccc4C3=O)CCCCC2)nn1C. The number of carbonyl (C=O) groups excluding carboxylic acids is 2. The summed E-state index contributed by atoms with van der Waals surface area (Å²) in [6, 6.07) is 9.65. The number of carbonyl (C=O) groups is 2. The van der Waals surface area contributed by atoms with E-state index in [0.29, 0.717) is 18.8 Å². The third-order valence-corrected chi connectivity index (χ3v) is 6.05. The number of amides is 2. The number of aromatic nitrogens is 2. The van der Waals surface area contributed by atoms with Crippen LogP contribution in [0.4, 0.5) is 5.82 Å². The van der Waals surface area contributed by atoms with Crippen LogP contribution in [0.3, 0.4) is 0 Å². The van der Waals surface area contributed by atoms with Crippen LogP contribution in [0.5, 0.6) is 0 Å². The lowest BCUT2D eigenvalue weighted by molar-refractivity contribution is -0.119. The molecule has 0 unspecified atom stereocenters. The lowest BCUT2D eigenvalue weighted by Gasteiger charge is -2.44. The molecule has 0 saturated heterocycles. The van der Waals surface area contributed by atoms with Gasteiger partial charge in [0.2, 0.25) is 5.91 Å². The van der Waals surface area contributed by atoms with E-state index in [1.165, 1.54) is 0 Å². The van der Waals surface area contributed by atoms with E-state index in [1.54, 1.807) is 4.68 Å². The third-order valence-electron chi connectivity index (χ3n) is 6.05. The maximum absolute atomic E-state index is 13.1. The number of aryl methyl sites for hydroxylation is 2. The molecule has 1 aliphatic heterocycles. The first-order valence-corrected chi connectivity index (χ1v) is 9.69. The number of nitrogens with zero attached hydrogens (tertiary/aromatic N) is 3. The maximum atomic E-state index is 13.1. The normalized spacial score (nSPS) is 18.4. The van der Waals surface area contributed by atoms with Crippen molar-refractivity contribution in [1.29, 1.82) is 0 Å². The minimum Gasteiger partial charge on any atom is -0.328 e. The second-order valence-corrected chi connectivity index (χ2v) is 7.85. The van der Waals surface area contributed by atoms with Gasteiger partial charge in [0.1, 0.15) is 0 Å². The highest BCUT2D eigenvalue weighted by Gasteiger charge is 2.45. The molecule has 2 amide bonds. The summed E-state index contributed by atoms with van der Waals surface area (Å²) in [5.74, 6) is 0.565. The van der Waals surface area contributed by atoms with Gasteiger partial charge < -0.3 is 10.2 Å². The molecule has 2 aliphatic rings. The molecule has 2 aromatic rings. The lowest BCUT2D eigenvalue weighted by atomic mass is 9.77. The summed E-state index contributed by atoms with van der Waals surface area (Å²) in [5.41, 5.74) is 2.43. The van der Waals surface area contributed by atoms with Crippen molar-refractivity contribution in [3.05, 3.63) is 47.2 Å². The van der Waals surface area contributed by atoms with Crippen molar-refractivity contribution in [3.8, 4) is 0 Å². The first-order valence-electron chi connectivity index (χ1n) is 9.69. The summed E-state index contributed by atoms with van der Waals surface area (Å²) in [6.07, 6.45) is 5.34. The van der Waals surface area contributed by atoms with Crippen molar-refractivity contribution in [2.45, 2.75) is 57.5 Å². The first-order chi connectivity index (χ1) is 13.0. The van der Waals surface area contributed by atoms with Gasteiger partial charge in [-0.25, -0.2) is 0 Å². The van der Waals surface area contributed by atoms with Crippen molar-refractivity contribution in [1.82, 2.24) is 14.7 Å². The van der Waals surface area contributed by atoms with Gasteiger partial charge in [-0.3, -0.25) is 14.3 Å². The minimum absolute atomic E-state index is 0.0639. The van der Waals surface area contributed by atoms with E-state index in [0.717, 1.165) is 48.9 Å². The summed E-state index contributed by atoms with van der Waals surface area (Å²) >= 11 is 0. The second-order valence-electron chi connectivity index (χ2n) is 7.85. The largest absolute Gasteiger partial charge is 0.328 e. The van der Waals surface area contributed by atoms with Crippen molar-refractivity contribution in [2.24, 2.45) is 7.05 Å². The number of hydrogen-bond acceptors (Lipinski definition) is 3. The monoisotopic (exact) mass is 366 g/mol. The van der Waals surface area contributed by atoms with Gasteiger partial charge in [-0.2, -0.15) is 5.10 Å². The van der Waals surface area contributed by atoms with E-state index < -0.39 is 5.54 Å². The topological polar surface area (TPSA) is 67.2 Å². The van der Waals surface area contributed by atoms with Gasteiger partial charge >= 0.3 is 0 Å². The molecule has 0 radical (unpaired) electrons. The Morgan fingerprint density at radius 2 is 1.96 bits per heavy atom. The second kappa shape index (κ2) is 6.83. The molecule has 6 heteroatoms. The van der Waals surface area contributed by atoms with E-state index in [9.17, 15) is 9.59 Å². The molecule has 1 aromatic carbocycles. The van der Waals surface area contributed by atoms with Crippen LogP contribution in [0.1, 0.15) is 60.1 Å². The van der Waals surface area contributed by atoms with Crippen molar-refractivity contribution in [3.63, 3.8) is 0 Å². The zero-order valence-electron chi connectivity index (χ0n) is 16.0. The molecule has 6 nitrogen and oxygen atoms in total. The Labute approximate surface area is 159 Å². The summed E-state index contributed by atoms with van der Waals surface area (Å²) in [5, 5.41) is 7.24. The van der Waals surface area contributed by atoms with Gasteiger partial charge in [0.15, 0.2) is 5.82 Å². The van der Waals surface area contributed by atoms with E-state index >= 15 is 0 Å². The van der Waals surface area contributed by atoms with Gasteiger partial charge in [0, 0.05) is 30.9 Å². The van der Waals surface area contributed by atoms with E-state index in [4.69, 9.17) is 0 Å². The summed E-state index contributed by atoms with van der Waals surface area (Å²) in [4.78, 5) is 27.9. The summed E-state index contributed by atoms with van der Waals surface area (Å²) in [6.45, 7) is 2.55. The van der Waals surface area contributed by atoms with Crippen LogP contribution in [0.2, 0.25) is 0 Å². The molecular formula is C21H26N4O2. The van der Waals surface area contributed by atoms with Gasteiger partial charge in [-0.1, -0.05) is 37.5 Å². The van der Waals surface area contributed by atoms with Gasteiger partial charge in [0.25, 0.3) is 5.91 Å². The van der Waals surface area contributed by atoms with Crippen LogP contribution in [-0.2, 0) is 18.4 Å². The predicted molar refractivity (Wildman–Crippen MR) is 103 cm³/mol. The quantitative estimate of drug-likeness (QED) is 0.902. The Morgan fingerprint density at radius 1 is 1.22 bits per heavy atom. The smallest absolute Gasteiger partial charge is 0.254 e. The zero-order valence-corrected chi connectivity index (χ0v) is 16.0. The average Bonchev–Trinajstić information content (AvgIpc) is 3.15. The Hall–Kier alpha value is -2.63. The average molecular weight is 366 g/mol. The predicted octanol–water partition coefficient (Wildman–Crippen LogP) is 3.42. The zero-order chi connectivity index (χ0) is 19.0. The Bertz CT molecular complexity index is 861. The number of benzene rings is 1. The summed E-state index contributed by atoms with van der Waals surface area (Å²) < 4.78 is 1.74. The number of hydrogen-bond donors (Lipinski definition) is 1. The Balaban J connectivity index is 1.56. The molecule has 2 heterocycles.